The summed E-state index contributed by atoms with van der Waals surface area (Å²) >= 11 is 0. The zero-order valence-electron chi connectivity index (χ0n) is 18.5. The lowest BCUT2D eigenvalue weighted by molar-refractivity contribution is 0.0167. The van der Waals surface area contributed by atoms with Gasteiger partial charge in [-0.2, -0.15) is 0 Å². The molecule has 31 heavy (non-hydrogen) atoms. The van der Waals surface area contributed by atoms with Gasteiger partial charge < -0.3 is 19.4 Å². The molecule has 2 aromatic heterocycles. The highest BCUT2D eigenvalue weighted by Gasteiger charge is 2.23. The minimum Gasteiger partial charge on any atom is -0.377 e. The number of hydrogen-bond donors (Lipinski definition) is 1. The van der Waals surface area contributed by atoms with Gasteiger partial charge in [-0.15, -0.1) is 0 Å². The van der Waals surface area contributed by atoms with E-state index < -0.39 is 0 Å². The Balaban J connectivity index is 1.50. The first-order valence-electron chi connectivity index (χ1n) is 11.2. The molecular formula is C25H32N4O2. The lowest BCUT2D eigenvalue weighted by Gasteiger charge is -2.23. The quantitative estimate of drug-likeness (QED) is 0.605. The molecule has 1 saturated heterocycles. The largest absolute Gasteiger partial charge is 0.377 e. The van der Waals surface area contributed by atoms with Crippen LogP contribution in [0.3, 0.4) is 0 Å². The fourth-order valence-electron chi connectivity index (χ4n) is 4.14. The van der Waals surface area contributed by atoms with Crippen LogP contribution in [0.5, 0.6) is 0 Å². The normalized spacial score (nSPS) is 16.5. The second-order valence-corrected chi connectivity index (χ2v) is 8.37. The van der Waals surface area contributed by atoms with Gasteiger partial charge in [0.25, 0.3) is 5.91 Å². The molecule has 1 N–H and O–H groups in total. The van der Waals surface area contributed by atoms with Crippen molar-refractivity contribution in [2.45, 2.75) is 45.3 Å². The molecule has 0 aliphatic carbocycles. The first-order chi connectivity index (χ1) is 15.1. The molecule has 164 valence electrons. The van der Waals surface area contributed by atoms with Crippen LogP contribution < -0.4 is 5.32 Å². The minimum absolute atomic E-state index is 0.0373. The molecule has 3 aromatic rings. The van der Waals surface area contributed by atoms with Crippen molar-refractivity contribution in [2.75, 3.05) is 26.7 Å². The number of nitrogens with zero attached hydrogens (tertiary/aromatic N) is 3. The lowest BCUT2D eigenvalue weighted by atomic mass is 10.1. The molecule has 3 heterocycles. The number of aromatic nitrogens is 2. The van der Waals surface area contributed by atoms with Gasteiger partial charge in [-0.25, -0.2) is 4.98 Å². The van der Waals surface area contributed by atoms with Crippen LogP contribution >= 0.6 is 0 Å². The number of carbonyl (C=O) groups is 1. The summed E-state index contributed by atoms with van der Waals surface area (Å²) in [6, 6.07) is 14.3. The number of benzene rings is 1. The molecular weight excluding hydrogens is 388 g/mol. The first kappa shape index (κ1) is 21.5. The van der Waals surface area contributed by atoms with Crippen LogP contribution in [0, 0.1) is 6.92 Å². The molecule has 1 fully saturated rings. The Kier molecular flexibility index (Phi) is 6.99. The minimum atomic E-state index is -0.0373. The van der Waals surface area contributed by atoms with Gasteiger partial charge in [-0.05, 0) is 49.8 Å². The van der Waals surface area contributed by atoms with E-state index in [4.69, 9.17) is 9.72 Å². The molecule has 1 atom stereocenters. The Morgan fingerprint density at radius 2 is 2.06 bits per heavy atom. The molecule has 0 bridgehead atoms. The molecule has 6 heteroatoms. The van der Waals surface area contributed by atoms with Crippen LogP contribution in [0.25, 0.3) is 5.65 Å². The Hall–Kier alpha value is -2.70. The molecule has 1 unspecified atom stereocenters. The molecule has 4 rings (SSSR count). The summed E-state index contributed by atoms with van der Waals surface area (Å²) in [5.41, 5.74) is 4.56. The number of fused-ring (bicyclic) bond motifs is 1. The summed E-state index contributed by atoms with van der Waals surface area (Å²) in [7, 11) is 1.86. The number of rotatable bonds is 8. The molecule has 1 aliphatic rings. The number of amides is 1. The standard InChI is InChI=1S/C25H32N4O2/c1-19-9-8-14-29-22(18-26-17-21-12-6-7-16-31-21)23(27-24(19)29)25(30)28(2)15-13-20-10-4-3-5-11-20/h3-5,8-11,14,21,26H,6-7,12-13,15-18H2,1-2H3. The number of nitrogens with one attached hydrogen (secondary N) is 1. The third kappa shape index (κ3) is 5.14. The Labute approximate surface area is 184 Å². The van der Waals surface area contributed by atoms with Gasteiger partial charge in [0.15, 0.2) is 5.69 Å². The Morgan fingerprint density at radius 3 is 2.84 bits per heavy atom. The maximum Gasteiger partial charge on any atom is 0.274 e. The highest BCUT2D eigenvalue weighted by Crippen LogP contribution is 2.18. The van der Waals surface area contributed by atoms with Crippen LogP contribution in [0.15, 0.2) is 48.7 Å². The monoisotopic (exact) mass is 420 g/mol. The number of ether oxygens (including phenoxy) is 1. The smallest absolute Gasteiger partial charge is 0.274 e. The topological polar surface area (TPSA) is 58.9 Å². The van der Waals surface area contributed by atoms with Crippen LogP contribution in [0.4, 0.5) is 0 Å². The number of carbonyl (C=O) groups excluding carboxylic acids is 1. The second kappa shape index (κ2) is 10.1. The van der Waals surface area contributed by atoms with Crippen LogP contribution in [-0.2, 0) is 17.7 Å². The summed E-state index contributed by atoms with van der Waals surface area (Å²) in [6.07, 6.45) is 6.52. The summed E-state index contributed by atoms with van der Waals surface area (Å²) < 4.78 is 7.88. The van der Waals surface area contributed by atoms with Gasteiger partial charge in [-0.1, -0.05) is 36.4 Å². The van der Waals surface area contributed by atoms with Gasteiger partial charge in [0.2, 0.25) is 0 Å². The van der Waals surface area contributed by atoms with E-state index in [1.54, 1.807) is 4.90 Å². The summed E-state index contributed by atoms with van der Waals surface area (Å²) in [5, 5.41) is 3.50. The third-order valence-corrected chi connectivity index (χ3v) is 6.01. The number of pyridine rings is 1. The van der Waals surface area contributed by atoms with E-state index in [0.29, 0.717) is 18.8 Å². The first-order valence-corrected chi connectivity index (χ1v) is 11.2. The van der Waals surface area contributed by atoms with E-state index >= 15 is 0 Å². The maximum absolute atomic E-state index is 13.3. The van der Waals surface area contributed by atoms with E-state index in [1.807, 2.05) is 54.9 Å². The summed E-state index contributed by atoms with van der Waals surface area (Å²) in [6.45, 7) is 4.90. The molecule has 0 saturated carbocycles. The van der Waals surface area contributed by atoms with Gasteiger partial charge >= 0.3 is 0 Å². The number of aryl methyl sites for hydroxylation is 1. The second-order valence-electron chi connectivity index (χ2n) is 8.37. The van der Waals surface area contributed by atoms with Crippen LogP contribution in [0.1, 0.15) is 46.6 Å². The van der Waals surface area contributed by atoms with Crippen molar-refractivity contribution in [2.24, 2.45) is 0 Å². The van der Waals surface area contributed by atoms with E-state index in [1.165, 1.54) is 12.0 Å². The number of likely N-dealkylation sites (N-methyl/N-ethyl adjacent to an activating group) is 1. The molecule has 1 amide bonds. The van der Waals surface area contributed by atoms with Crippen molar-refractivity contribution < 1.29 is 9.53 Å². The molecule has 6 nitrogen and oxygen atoms in total. The van der Waals surface area contributed by atoms with Crippen molar-refractivity contribution in [3.05, 3.63) is 71.2 Å². The fraction of sp³-hybridized carbons (Fsp3) is 0.440. The highest BCUT2D eigenvalue weighted by atomic mass is 16.5. The van der Waals surface area contributed by atoms with Crippen molar-refractivity contribution in [1.29, 1.82) is 0 Å². The Bertz CT molecular complexity index is 1010. The van der Waals surface area contributed by atoms with E-state index in [9.17, 15) is 4.79 Å². The molecule has 0 spiro atoms. The predicted octanol–water partition coefficient (Wildman–Crippen LogP) is 3.62. The zero-order chi connectivity index (χ0) is 21.6. The fourth-order valence-corrected chi connectivity index (χ4v) is 4.14. The van der Waals surface area contributed by atoms with E-state index in [2.05, 4.69) is 17.4 Å². The Morgan fingerprint density at radius 1 is 1.23 bits per heavy atom. The third-order valence-electron chi connectivity index (χ3n) is 6.01. The summed E-state index contributed by atoms with van der Waals surface area (Å²) in [5.74, 6) is -0.0373. The van der Waals surface area contributed by atoms with Crippen molar-refractivity contribution in [3.8, 4) is 0 Å². The van der Waals surface area contributed by atoms with E-state index in [-0.39, 0.29) is 12.0 Å². The maximum atomic E-state index is 13.3. The van der Waals surface area contributed by atoms with Gasteiger partial charge in [0, 0.05) is 39.5 Å². The van der Waals surface area contributed by atoms with Crippen LogP contribution in [-0.4, -0.2) is 53.0 Å². The highest BCUT2D eigenvalue weighted by molar-refractivity contribution is 5.94. The average molecular weight is 421 g/mol. The van der Waals surface area contributed by atoms with Crippen molar-refractivity contribution >= 4 is 11.6 Å². The van der Waals surface area contributed by atoms with Gasteiger partial charge in [0.05, 0.1) is 11.8 Å². The molecule has 0 radical (unpaired) electrons. The lowest BCUT2D eigenvalue weighted by Crippen LogP contribution is -2.33. The van der Waals surface area contributed by atoms with Crippen LogP contribution in [0.2, 0.25) is 0 Å². The van der Waals surface area contributed by atoms with Crippen molar-refractivity contribution in [3.63, 3.8) is 0 Å². The molecule has 1 aliphatic heterocycles. The summed E-state index contributed by atoms with van der Waals surface area (Å²) in [4.78, 5) is 19.9. The predicted molar refractivity (Wildman–Crippen MR) is 122 cm³/mol. The van der Waals surface area contributed by atoms with Gasteiger partial charge in [0.1, 0.15) is 5.65 Å². The van der Waals surface area contributed by atoms with Crippen molar-refractivity contribution in [1.82, 2.24) is 19.6 Å². The van der Waals surface area contributed by atoms with E-state index in [0.717, 1.165) is 49.3 Å². The number of imidazole rings is 1. The zero-order valence-corrected chi connectivity index (χ0v) is 18.5. The van der Waals surface area contributed by atoms with Gasteiger partial charge in [-0.3, -0.25) is 4.79 Å². The molecule has 1 aromatic carbocycles. The SMILES string of the molecule is Cc1cccn2c(CNCC3CCCCO3)c(C(=O)N(C)CCc3ccccc3)nc12. The number of hydrogen-bond acceptors (Lipinski definition) is 4. The average Bonchev–Trinajstić information content (AvgIpc) is 3.18.